The molecule has 1 fully saturated rings. The molecule has 1 saturated heterocycles. The van der Waals surface area contributed by atoms with Gasteiger partial charge >= 0.3 is 0 Å². The fourth-order valence-corrected chi connectivity index (χ4v) is 2.75. The van der Waals surface area contributed by atoms with Gasteiger partial charge in [-0.05, 0) is 50.9 Å². The molecule has 2 rings (SSSR count). The molecular formula is C15H23N3O2. The Morgan fingerprint density at radius 1 is 1.40 bits per heavy atom. The number of nitro benzene ring substituents is 1. The number of nitrogens with zero attached hydrogens (tertiary/aromatic N) is 2. The van der Waals surface area contributed by atoms with Crippen molar-refractivity contribution in [3.8, 4) is 0 Å². The van der Waals surface area contributed by atoms with Crippen LogP contribution in [0.25, 0.3) is 0 Å². The van der Waals surface area contributed by atoms with Crippen LogP contribution in [0, 0.1) is 17.0 Å². The van der Waals surface area contributed by atoms with Gasteiger partial charge in [0.05, 0.1) is 4.92 Å². The van der Waals surface area contributed by atoms with Gasteiger partial charge in [0, 0.05) is 18.7 Å². The van der Waals surface area contributed by atoms with Crippen LogP contribution in [0.15, 0.2) is 18.2 Å². The molecule has 1 aromatic rings. The summed E-state index contributed by atoms with van der Waals surface area (Å²) < 4.78 is 0. The van der Waals surface area contributed by atoms with Crippen molar-refractivity contribution in [1.29, 1.82) is 0 Å². The molecule has 1 heterocycles. The van der Waals surface area contributed by atoms with Crippen molar-refractivity contribution >= 4 is 11.4 Å². The molecule has 20 heavy (non-hydrogen) atoms. The van der Waals surface area contributed by atoms with Gasteiger partial charge in [0.25, 0.3) is 5.69 Å². The van der Waals surface area contributed by atoms with Crippen molar-refractivity contribution in [2.75, 3.05) is 25.0 Å². The van der Waals surface area contributed by atoms with Crippen molar-refractivity contribution in [3.05, 3.63) is 33.9 Å². The van der Waals surface area contributed by atoms with Gasteiger partial charge in [-0.1, -0.05) is 13.0 Å². The maximum Gasteiger partial charge on any atom is 0.292 e. The number of hydrogen-bond donors (Lipinski definition) is 1. The normalized spacial score (nSPS) is 20.4. The highest BCUT2D eigenvalue weighted by Crippen LogP contribution is 2.27. The predicted molar refractivity (Wildman–Crippen MR) is 81.2 cm³/mol. The lowest BCUT2D eigenvalue weighted by molar-refractivity contribution is -0.384. The second-order valence-corrected chi connectivity index (χ2v) is 5.48. The highest BCUT2D eigenvalue weighted by molar-refractivity contribution is 5.62. The number of likely N-dealkylation sites (tertiary alicyclic amines) is 1. The van der Waals surface area contributed by atoms with E-state index in [1.165, 1.54) is 0 Å². The minimum absolute atomic E-state index is 0.182. The fraction of sp³-hybridized carbons (Fsp3) is 0.600. The van der Waals surface area contributed by atoms with E-state index in [-0.39, 0.29) is 10.6 Å². The van der Waals surface area contributed by atoms with Crippen LogP contribution in [-0.4, -0.2) is 35.5 Å². The second-order valence-electron chi connectivity index (χ2n) is 5.48. The van der Waals surface area contributed by atoms with Crippen LogP contribution in [0.3, 0.4) is 0 Å². The van der Waals surface area contributed by atoms with Crippen molar-refractivity contribution in [2.45, 2.75) is 39.2 Å². The molecule has 5 heteroatoms. The lowest BCUT2D eigenvalue weighted by atomic mass is 10.1. The Bertz CT molecular complexity index is 476. The second kappa shape index (κ2) is 6.70. The van der Waals surface area contributed by atoms with Gasteiger partial charge in [-0.15, -0.1) is 0 Å². The first-order valence-electron chi connectivity index (χ1n) is 7.34. The molecule has 1 aliphatic rings. The van der Waals surface area contributed by atoms with Gasteiger partial charge in [0.2, 0.25) is 0 Å². The maximum absolute atomic E-state index is 11.1. The number of nitrogens with one attached hydrogen (secondary N) is 1. The standard InChI is InChI=1S/C15H23N3O2/c1-3-17-9-4-5-13(8-10-17)16-14-7-6-12(2)11-15(14)18(19)20/h6-7,11,13,16H,3-5,8-10H2,1-2H3. The van der Waals surface area contributed by atoms with Crippen molar-refractivity contribution in [2.24, 2.45) is 0 Å². The summed E-state index contributed by atoms with van der Waals surface area (Å²) in [5.41, 5.74) is 1.75. The monoisotopic (exact) mass is 277 g/mol. The molecule has 1 N–H and O–H groups in total. The summed E-state index contributed by atoms with van der Waals surface area (Å²) in [6, 6.07) is 5.71. The van der Waals surface area contributed by atoms with E-state index in [4.69, 9.17) is 0 Å². The summed E-state index contributed by atoms with van der Waals surface area (Å²) in [5, 5.41) is 14.5. The first kappa shape index (κ1) is 14.8. The SMILES string of the molecule is CCN1CCCC(Nc2ccc(C)cc2[N+](=O)[O-])CC1. The zero-order valence-corrected chi connectivity index (χ0v) is 12.3. The summed E-state index contributed by atoms with van der Waals surface area (Å²) in [4.78, 5) is 13.3. The topological polar surface area (TPSA) is 58.4 Å². The number of nitro groups is 1. The predicted octanol–water partition coefficient (Wildman–Crippen LogP) is 3.19. The average Bonchev–Trinajstić information content (AvgIpc) is 2.65. The lowest BCUT2D eigenvalue weighted by Crippen LogP contribution is -2.26. The summed E-state index contributed by atoms with van der Waals surface area (Å²) in [6.45, 7) is 7.33. The zero-order chi connectivity index (χ0) is 14.5. The van der Waals surface area contributed by atoms with Crippen LogP contribution in [0.4, 0.5) is 11.4 Å². The van der Waals surface area contributed by atoms with Crippen LogP contribution in [0.1, 0.15) is 31.7 Å². The average molecular weight is 277 g/mol. The van der Waals surface area contributed by atoms with E-state index in [1.54, 1.807) is 6.07 Å². The van der Waals surface area contributed by atoms with Crippen LogP contribution in [0.2, 0.25) is 0 Å². The molecular weight excluding hydrogens is 254 g/mol. The first-order valence-corrected chi connectivity index (χ1v) is 7.34. The molecule has 0 aliphatic carbocycles. The fourth-order valence-electron chi connectivity index (χ4n) is 2.75. The van der Waals surface area contributed by atoms with Gasteiger partial charge in [-0.25, -0.2) is 0 Å². The van der Waals surface area contributed by atoms with Gasteiger partial charge in [-0.3, -0.25) is 10.1 Å². The molecule has 110 valence electrons. The van der Waals surface area contributed by atoms with Crippen LogP contribution in [-0.2, 0) is 0 Å². The van der Waals surface area contributed by atoms with Gasteiger partial charge in [0.15, 0.2) is 0 Å². The molecule has 0 bridgehead atoms. The molecule has 5 nitrogen and oxygen atoms in total. The van der Waals surface area contributed by atoms with E-state index in [1.807, 2.05) is 19.1 Å². The van der Waals surface area contributed by atoms with E-state index in [0.717, 1.165) is 44.5 Å². The van der Waals surface area contributed by atoms with E-state index in [0.29, 0.717) is 11.7 Å². The van der Waals surface area contributed by atoms with Gasteiger partial charge in [-0.2, -0.15) is 0 Å². The van der Waals surface area contributed by atoms with E-state index in [9.17, 15) is 10.1 Å². The zero-order valence-electron chi connectivity index (χ0n) is 12.3. The van der Waals surface area contributed by atoms with Gasteiger partial charge < -0.3 is 10.2 Å². The number of aryl methyl sites for hydroxylation is 1. The Balaban J connectivity index is 2.08. The first-order chi connectivity index (χ1) is 9.60. The molecule has 1 unspecified atom stereocenters. The molecule has 0 radical (unpaired) electrons. The Morgan fingerprint density at radius 3 is 2.90 bits per heavy atom. The lowest BCUT2D eigenvalue weighted by Gasteiger charge is -2.19. The van der Waals surface area contributed by atoms with E-state index in [2.05, 4.69) is 17.1 Å². The molecule has 0 saturated carbocycles. The molecule has 1 aromatic carbocycles. The molecule has 0 spiro atoms. The van der Waals surface area contributed by atoms with Crippen LogP contribution in [0.5, 0.6) is 0 Å². The summed E-state index contributed by atoms with van der Waals surface area (Å²) in [7, 11) is 0. The minimum atomic E-state index is -0.301. The van der Waals surface area contributed by atoms with Crippen LogP contribution < -0.4 is 5.32 Å². The number of anilines is 1. The molecule has 0 amide bonds. The summed E-state index contributed by atoms with van der Waals surface area (Å²) in [5.74, 6) is 0. The molecule has 1 aliphatic heterocycles. The number of rotatable bonds is 4. The summed E-state index contributed by atoms with van der Waals surface area (Å²) in [6.07, 6.45) is 3.26. The largest absolute Gasteiger partial charge is 0.377 e. The van der Waals surface area contributed by atoms with E-state index < -0.39 is 0 Å². The minimum Gasteiger partial charge on any atom is -0.377 e. The van der Waals surface area contributed by atoms with Crippen LogP contribution >= 0.6 is 0 Å². The molecule has 1 atom stereocenters. The Hall–Kier alpha value is -1.62. The quantitative estimate of drug-likeness (QED) is 0.678. The molecule has 0 aromatic heterocycles. The van der Waals surface area contributed by atoms with Gasteiger partial charge in [0.1, 0.15) is 5.69 Å². The highest BCUT2D eigenvalue weighted by Gasteiger charge is 2.20. The van der Waals surface area contributed by atoms with Crippen molar-refractivity contribution < 1.29 is 4.92 Å². The van der Waals surface area contributed by atoms with Crippen molar-refractivity contribution in [1.82, 2.24) is 4.90 Å². The summed E-state index contributed by atoms with van der Waals surface area (Å²) >= 11 is 0. The third-order valence-electron chi connectivity index (χ3n) is 3.98. The number of hydrogen-bond acceptors (Lipinski definition) is 4. The Kier molecular flexibility index (Phi) is 4.95. The van der Waals surface area contributed by atoms with Crippen molar-refractivity contribution in [3.63, 3.8) is 0 Å². The smallest absolute Gasteiger partial charge is 0.292 e. The Morgan fingerprint density at radius 2 is 2.20 bits per heavy atom. The highest BCUT2D eigenvalue weighted by atomic mass is 16.6. The third kappa shape index (κ3) is 3.70. The third-order valence-corrected chi connectivity index (χ3v) is 3.98. The maximum atomic E-state index is 11.1. The van der Waals surface area contributed by atoms with E-state index >= 15 is 0 Å². The number of benzene rings is 1. The Labute approximate surface area is 120 Å².